The lowest BCUT2D eigenvalue weighted by molar-refractivity contribution is 0.104. The Hall–Kier alpha value is -2.55. The van der Waals surface area contributed by atoms with Crippen LogP contribution in [0.25, 0.3) is 6.08 Å². The molecule has 0 saturated heterocycles. The molecule has 0 aliphatic rings. The first-order valence-electron chi connectivity index (χ1n) is 6.65. The number of aryl methyl sites for hydroxylation is 1. The quantitative estimate of drug-likeness (QED) is 0.616. The monoisotopic (exact) mass is 282 g/mol. The van der Waals surface area contributed by atoms with Gasteiger partial charge in [-0.1, -0.05) is 29.8 Å². The molecule has 0 fully saturated rings. The van der Waals surface area contributed by atoms with Gasteiger partial charge in [-0.25, -0.2) is 0 Å². The second-order valence-electron chi connectivity index (χ2n) is 4.67. The van der Waals surface area contributed by atoms with Gasteiger partial charge in [0, 0.05) is 11.1 Å². The van der Waals surface area contributed by atoms with Crippen molar-refractivity contribution in [1.29, 1.82) is 0 Å². The Balaban J connectivity index is 2.24. The van der Waals surface area contributed by atoms with Crippen molar-refractivity contribution in [2.75, 3.05) is 14.2 Å². The molecular formula is C18H18O3. The van der Waals surface area contributed by atoms with E-state index in [1.165, 1.54) is 0 Å². The van der Waals surface area contributed by atoms with Crippen LogP contribution in [-0.2, 0) is 0 Å². The van der Waals surface area contributed by atoms with Crippen LogP contribution < -0.4 is 9.47 Å². The van der Waals surface area contributed by atoms with Gasteiger partial charge in [0.25, 0.3) is 0 Å². The minimum atomic E-state index is -0.0418. The van der Waals surface area contributed by atoms with Crippen molar-refractivity contribution < 1.29 is 14.3 Å². The molecule has 0 radical (unpaired) electrons. The van der Waals surface area contributed by atoms with E-state index in [1.807, 2.05) is 49.4 Å². The Labute approximate surface area is 124 Å². The summed E-state index contributed by atoms with van der Waals surface area (Å²) in [6.07, 6.45) is 3.28. The number of allylic oxidation sites excluding steroid dienone is 1. The molecule has 0 heterocycles. The van der Waals surface area contributed by atoms with Crippen LogP contribution in [0.1, 0.15) is 21.5 Å². The first kappa shape index (κ1) is 14.9. The minimum Gasteiger partial charge on any atom is -0.497 e. The molecule has 0 unspecified atom stereocenters. The highest BCUT2D eigenvalue weighted by molar-refractivity contribution is 6.06. The Morgan fingerprint density at radius 3 is 2.33 bits per heavy atom. The highest BCUT2D eigenvalue weighted by atomic mass is 16.5. The standard InChI is InChI=1S/C18H18O3/c1-13-4-6-14(7-5-13)17(19)10-8-15-12-16(20-2)9-11-18(15)21-3/h4-12H,1-3H3/b10-8+. The Bertz CT molecular complexity index is 655. The number of rotatable bonds is 5. The normalized spacial score (nSPS) is 10.6. The molecule has 2 aromatic carbocycles. The zero-order valence-corrected chi connectivity index (χ0v) is 12.4. The molecule has 3 nitrogen and oxygen atoms in total. The molecule has 0 amide bonds. The molecule has 0 bridgehead atoms. The van der Waals surface area contributed by atoms with Gasteiger partial charge >= 0.3 is 0 Å². The van der Waals surface area contributed by atoms with Crippen LogP contribution in [0.2, 0.25) is 0 Å². The molecule has 0 spiro atoms. The van der Waals surface area contributed by atoms with Crippen molar-refractivity contribution in [2.24, 2.45) is 0 Å². The van der Waals surface area contributed by atoms with Gasteiger partial charge in [0.1, 0.15) is 11.5 Å². The number of hydrogen-bond donors (Lipinski definition) is 0. The largest absolute Gasteiger partial charge is 0.497 e. The van der Waals surface area contributed by atoms with E-state index in [0.717, 1.165) is 16.9 Å². The lowest BCUT2D eigenvalue weighted by atomic mass is 10.1. The second kappa shape index (κ2) is 6.75. The third kappa shape index (κ3) is 3.72. The molecule has 0 aliphatic carbocycles. The molecule has 0 aliphatic heterocycles. The van der Waals surface area contributed by atoms with Crippen molar-refractivity contribution in [2.45, 2.75) is 6.92 Å². The zero-order valence-electron chi connectivity index (χ0n) is 12.4. The predicted molar refractivity (Wildman–Crippen MR) is 84.1 cm³/mol. The van der Waals surface area contributed by atoms with Gasteiger partial charge in [-0.2, -0.15) is 0 Å². The lowest BCUT2D eigenvalue weighted by Gasteiger charge is -2.07. The third-order valence-corrected chi connectivity index (χ3v) is 3.19. The summed E-state index contributed by atoms with van der Waals surface area (Å²) in [4.78, 5) is 12.1. The van der Waals surface area contributed by atoms with Crippen LogP contribution in [0.4, 0.5) is 0 Å². The van der Waals surface area contributed by atoms with Crippen molar-refractivity contribution in [3.63, 3.8) is 0 Å². The zero-order chi connectivity index (χ0) is 15.2. The van der Waals surface area contributed by atoms with Crippen molar-refractivity contribution >= 4 is 11.9 Å². The molecular weight excluding hydrogens is 264 g/mol. The molecule has 0 N–H and O–H groups in total. The van der Waals surface area contributed by atoms with Gasteiger partial charge in [-0.05, 0) is 37.3 Å². The lowest BCUT2D eigenvalue weighted by Crippen LogP contribution is -1.94. The molecule has 108 valence electrons. The van der Waals surface area contributed by atoms with Crippen LogP contribution >= 0.6 is 0 Å². The summed E-state index contributed by atoms with van der Waals surface area (Å²) in [5.41, 5.74) is 2.60. The van der Waals surface area contributed by atoms with Gasteiger partial charge in [0.2, 0.25) is 0 Å². The van der Waals surface area contributed by atoms with E-state index in [4.69, 9.17) is 9.47 Å². The van der Waals surface area contributed by atoms with E-state index < -0.39 is 0 Å². The average molecular weight is 282 g/mol. The van der Waals surface area contributed by atoms with Crippen LogP contribution in [0.15, 0.2) is 48.5 Å². The minimum absolute atomic E-state index is 0.0418. The highest BCUT2D eigenvalue weighted by Crippen LogP contribution is 2.25. The number of ketones is 1. The fraction of sp³-hybridized carbons (Fsp3) is 0.167. The number of carbonyl (C=O) groups is 1. The van der Waals surface area contributed by atoms with Crippen LogP contribution in [-0.4, -0.2) is 20.0 Å². The fourth-order valence-corrected chi connectivity index (χ4v) is 1.95. The van der Waals surface area contributed by atoms with Crippen LogP contribution in [0.5, 0.6) is 11.5 Å². The molecule has 0 atom stereocenters. The predicted octanol–water partition coefficient (Wildman–Crippen LogP) is 3.91. The van der Waals surface area contributed by atoms with E-state index >= 15 is 0 Å². The highest BCUT2D eigenvalue weighted by Gasteiger charge is 2.04. The number of carbonyl (C=O) groups excluding carboxylic acids is 1. The Kier molecular flexibility index (Phi) is 4.77. The maximum absolute atomic E-state index is 12.1. The van der Waals surface area contributed by atoms with Gasteiger partial charge in [0.05, 0.1) is 14.2 Å². The first-order valence-corrected chi connectivity index (χ1v) is 6.65. The average Bonchev–Trinajstić information content (AvgIpc) is 2.52. The van der Waals surface area contributed by atoms with E-state index in [-0.39, 0.29) is 5.78 Å². The first-order chi connectivity index (χ1) is 10.1. The maximum atomic E-state index is 12.1. The van der Waals surface area contributed by atoms with Gasteiger partial charge in [-0.3, -0.25) is 4.79 Å². The SMILES string of the molecule is COc1ccc(OC)c(/C=C/C(=O)c2ccc(C)cc2)c1. The van der Waals surface area contributed by atoms with Gasteiger partial charge < -0.3 is 9.47 Å². The molecule has 2 rings (SSSR count). The molecule has 0 aromatic heterocycles. The fourth-order valence-electron chi connectivity index (χ4n) is 1.95. The summed E-state index contributed by atoms with van der Waals surface area (Å²) < 4.78 is 10.5. The summed E-state index contributed by atoms with van der Waals surface area (Å²) in [6.45, 7) is 1.99. The topological polar surface area (TPSA) is 35.5 Å². The summed E-state index contributed by atoms with van der Waals surface area (Å²) in [5.74, 6) is 1.38. The van der Waals surface area contributed by atoms with Gasteiger partial charge in [0.15, 0.2) is 5.78 Å². The van der Waals surface area contributed by atoms with E-state index in [2.05, 4.69) is 0 Å². The van der Waals surface area contributed by atoms with E-state index in [9.17, 15) is 4.79 Å². The molecule has 21 heavy (non-hydrogen) atoms. The number of benzene rings is 2. The van der Waals surface area contributed by atoms with E-state index in [0.29, 0.717) is 11.3 Å². The van der Waals surface area contributed by atoms with Crippen LogP contribution in [0.3, 0.4) is 0 Å². The summed E-state index contributed by atoms with van der Waals surface area (Å²) >= 11 is 0. The third-order valence-electron chi connectivity index (χ3n) is 3.19. The number of ether oxygens (including phenoxy) is 2. The Morgan fingerprint density at radius 1 is 1.00 bits per heavy atom. The van der Waals surface area contributed by atoms with Gasteiger partial charge in [-0.15, -0.1) is 0 Å². The smallest absolute Gasteiger partial charge is 0.185 e. The van der Waals surface area contributed by atoms with Crippen molar-refractivity contribution in [3.05, 3.63) is 65.2 Å². The molecule has 0 saturated carbocycles. The number of hydrogen-bond acceptors (Lipinski definition) is 3. The Morgan fingerprint density at radius 2 is 1.71 bits per heavy atom. The number of methoxy groups -OCH3 is 2. The molecule has 3 heteroatoms. The van der Waals surface area contributed by atoms with Crippen molar-refractivity contribution in [3.8, 4) is 11.5 Å². The van der Waals surface area contributed by atoms with Crippen LogP contribution in [0, 0.1) is 6.92 Å². The second-order valence-corrected chi connectivity index (χ2v) is 4.67. The summed E-state index contributed by atoms with van der Waals surface area (Å²) in [5, 5.41) is 0. The summed E-state index contributed by atoms with van der Waals surface area (Å²) in [6, 6.07) is 13.0. The summed E-state index contributed by atoms with van der Waals surface area (Å²) in [7, 11) is 3.20. The van der Waals surface area contributed by atoms with Crippen molar-refractivity contribution in [1.82, 2.24) is 0 Å². The van der Waals surface area contributed by atoms with E-state index in [1.54, 1.807) is 26.4 Å². The maximum Gasteiger partial charge on any atom is 0.185 e. The molecule has 2 aromatic rings.